The second kappa shape index (κ2) is 4.28. The molecule has 2 rings (SSSR count). The van der Waals surface area contributed by atoms with Crippen LogP contribution in [0.1, 0.15) is 23.1 Å². The Hall–Kier alpha value is -1.61. The molecule has 2 aromatic heterocycles. The molecule has 1 atom stereocenters. The average molecular weight is 202 g/mol. The molecule has 0 saturated carbocycles. The molecule has 0 bridgehead atoms. The van der Waals surface area contributed by atoms with E-state index in [1.165, 1.54) is 5.56 Å². The van der Waals surface area contributed by atoms with Crippen molar-refractivity contribution in [2.24, 2.45) is 5.73 Å². The summed E-state index contributed by atoms with van der Waals surface area (Å²) < 4.78 is 5.48. The maximum absolute atomic E-state index is 6.03. The van der Waals surface area contributed by atoms with Gasteiger partial charge in [0.2, 0.25) is 0 Å². The number of hydrogen-bond donors (Lipinski definition) is 1. The number of aromatic nitrogens is 1. The van der Waals surface area contributed by atoms with Crippen molar-refractivity contribution < 1.29 is 4.42 Å². The molecule has 3 nitrogen and oxygen atoms in total. The van der Waals surface area contributed by atoms with Gasteiger partial charge in [-0.1, -0.05) is 0 Å². The lowest BCUT2D eigenvalue weighted by atomic mass is 10.1. The molecule has 2 aromatic rings. The Balaban J connectivity index is 2.07. The van der Waals surface area contributed by atoms with Crippen LogP contribution in [0.25, 0.3) is 0 Å². The summed E-state index contributed by atoms with van der Waals surface area (Å²) in [5.74, 6) is 1.74. The van der Waals surface area contributed by atoms with Crippen molar-refractivity contribution in [3.63, 3.8) is 0 Å². The van der Waals surface area contributed by atoms with E-state index in [0.29, 0.717) is 0 Å². The molecule has 0 aliphatic rings. The fraction of sp³-hybridized carbons (Fsp3) is 0.250. The summed E-state index contributed by atoms with van der Waals surface area (Å²) in [7, 11) is 0. The summed E-state index contributed by atoms with van der Waals surface area (Å²) in [6, 6.07) is 7.72. The Morgan fingerprint density at radius 1 is 1.27 bits per heavy atom. The van der Waals surface area contributed by atoms with Gasteiger partial charge in [0.15, 0.2) is 0 Å². The predicted octanol–water partition coefficient (Wildman–Crippen LogP) is 2.23. The molecule has 2 heterocycles. The first kappa shape index (κ1) is 9.93. The topological polar surface area (TPSA) is 52.0 Å². The summed E-state index contributed by atoms with van der Waals surface area (Å²) in [6.45, 7) is 1.92. The van der Waals surface area contributed by atoms with Gasteiger partial charge < -0.3 is 10.2 Å². The molecule has 0 aliphatic heterocycles. The van der Waals surface area contributed by atoms with Crippen LogP contribution in [0.15, 0.2) is 41.1 Å². The van der Waals surface area contributed by atoms with Gasteiger partial charge in [-0.3, -0.25) is 4.98 Å². The van der Waals surface area contributed by atoms with Crippen LogP contribution in [0, 0.1) is 6.92 Å². The zero-order valence-electron chi connectivity index (χ0n) is 8.68. The molecule has 2 N–H and O–H groups in total. The lowest BCUT2D eigenvalue weighted by molar-refractivity contribution is 0.445. The van der Waals surface area contributed by atoms with Crippen LogP contribution in [0.5, 0.6) is 0 Å². The van der Waals surface area contributed by atoms with Crippen LogP contribution in [-0.4, -0.2) is 4.98 Å². The second-order valence-corrected chi connectivity index (χ2v) is 3.61. The molecule has 0 saturated heterocycles. The summed E-state index contributed by atoms with van der Waals surface area (Å²) in [5.41, 5.74) is 7.20. The minimum Gasteiger partial charge on any atom is -0.465 e. The van der Waals surface area contributed by atoms with E-state index in [0.717, 1.165) is 17.9 Å². The van der Waals surface area contributed by atoms with Crippen molar-refractivity contribution in [2.75, 3.05) is 0 Å². The standard InChI is InChI=1S/C12H14N2O/c1-9-2-3-12(15-9)11(13)8-10-4-6-14-7-5-10/h2-7,11H,8,13H2,1H3. The summed E-state index contributed by atoms with van der Waals surface area (Å²) >= 11 is 0. The number of nitrogens with two attached hydrogens (primary N) is 1. The average Bonchev–Trinajstić information content (AvgIpc) is 2.66. The van der Waals surface area contributed by atoms with Gasteiger partial charge in [-0.15, -0.1) is 0 Å². The van der Waals surface area contributed by atoms with Gasteiger partial charge >= 0.3 is 0 Å². The van der Waals surface area contributed by atoms with Crippen molar-refractivity contribution in [1.82, 2.24) is 4.98 Å². The Labute approximate surface area is 88.9 Å². The van der Waals surface area contributed by atoms with E-state index in [2.05, 4.69) is 4.98 Å². The molecule has 0 spiro atoms. The number of nitrogens with zero attached hydrogens (tertiary/aromatic N) is 1. The molecule has 0 radical (unpaired) electrons. The maximum Gasteiger partial charge on any atom is 0.121 e. The SMILES string of the molecule is Cc1ccc(C(N)Cc2ccncc2)o1. The summed E-state index contributed by atoms with van der Waals surface area (Å²) in [6.07, 6.45) is 4.32. The summed E-state index contributed by atoms with van der Waals surface area (Å²) in [4.78, 5) is 3.97. The Morgan fingerprint density at radius 2 is 2.00 bits per heavy atom. The third-order valence-corrected chi connectivity index (χ3v) is 2.33. The fourth-order valence-corrected chi connectivity index (χ4v) is 1.53. The van der Waals surface area contributed by atoms with Crippen LogP contribution in [0.4, 0.5) is 0 Å². The van der Waals surface area contributed by atoms with Gasteiger partial charge in [-0.2, -0.15) is 0 Å². The fourth-order valence-electron chi connectivity index (χ4n) is 1.53. The summed E-state index contributed by atoms with van der Waals surface area (Å²) in [5, 5.41) is 0. The van der Waals surface area contributed by atoms with Gasteiger partial charge in [0, 0.05) is 12.4 Å². The van der Waals surface area contributed by atoms with E-state index in [1.54, 1.807) is 12.4 Å². The quantitative estimate of drug-likeness (QED) is 0.830. The third-order valence-electron chi connectivity index (χ3n) is 2.33. The zero-order chi connectivity index (χ0) is 10.7. The van der Waals surface area contributed by atoms with Gasteiger partial charge in [0.1, 0.15) is 11.5 Å². The van der Waals surface area contributed by atoms with E-state index in [1.807, 2.05) is 31.2 Å². The smallest absolute Gasteiger partial charge is 0.121 e. The first-order valence-electron chi connectivity index (χ1n) is 4.96. The Bertz CT molecular complexity index is 422. The largest absolute Gasteiger partial charge is 0.465 e. The van der Waals surface area contributed by atoms with Crippen molar-refractivity contribution in [2.45, 2.75) is 19.4 Å². The molecule has 78 valence electrons. The first-order valence-corrected chi connectivity index (χ1v) is 4.96. The van der Waals surface area contributed by atoms with E-state index in [4.69, 9.17) is 10.2 Å². The Morgan fingerprint density at radius 3 is 2.60 bits per heavy atom. The van der Waals surface area contributed by atoms with Crippen LogP contribution in [0.3, 0.4) is 0 Å². The molecule has 0 amide bonds. The molecule has 1 unspecified atom stereocenters. The zero-order valence-corrected chi connectivity index (χ0v) is 8.68. The molecule has 3 heteroatoms. The highest BCUT2D eigenvalue weighted by molar-refractivity contribution is 5.16. The van der Waals surface area contributed by atoms with Gasteiger partial charge in [0.05, 0.1) is 6.04 Å². The van der Waals surface area contributed by atoms with E-state index >= 15 is 0 Å². The molecule has 0 aromatic carbocycles. The first-order chi connectivity index (χ1) is 7.25. The van der Waals surface area contributed by atoms with Crippen molar-refractivity contribution in [3.05, 3.63) is 53.7 Å². The highest BCUT2D eigenvalue weighted by Crippen LogP contribution is 2.17. The van der Waals surface area contributed by atoms with Crippen molar-refractivity contribution in [1.29, 1.82) is 0 Å². The molecule has 0 aliphatic carbocycles. The van der Waals surface area contributed by atoms with Crippen LogP contribution in [0.2, 0.25) is 0 Å². The van der Waals surface area contributed by atoms with E-state index < -0.39 is 0 Å². The van der Waals surface area contributed by atoms with Gasteiger partial charge in [-0.05, 0) is 43.2 Å². The van der Waals surface area contributed by atoms with E-state index in [9.17, 15) is 0 Å². The number of pyridine rings is 1. The number of aryl methyl sites for hydroxylation is 1. The van der Waals surface area contributed by atoms with Gasteiger partial charge in [-0.25, -0.2) is 0 Å². The van der Waals surface area contributed by atoms with Gasteiger partial charge in [0.25, 0.3) is 0 Å². The second-order valence-electron chi connectivity index (χ2n) is 3.61. The van der Waals surface area contributed by atoms with Crippen molar-refractivity contribution >= 4 is 0 Å². The molecular weight excluding hydrogens is 188 g/mol. The highest BCUT2D eigenvalue weighted by atomic mass is 16.3. The lowest BCUT2D eigenvalue weighted by Crippen LogP contribution is -2.12. The Kier molecular flexibility index (Phi) is 2.83. The van der Waals surface area contributed by atoms with E-state index in [-0.39, 0.29) is 6.04 Å². The van der Waals surface area contributed by atoms with Crippen LogP contribution in [-0.2, 0) is 6.42 Å². The number of furan rings is 1. The number of rotatable bonds is 3. The minimum absolute atomic E-state index is 0.0823. The van der Waals surface area contributed by atoms with Crippen LogP contribution < -0.4 is 5.73 Å². The normalized spacial score (nSPS) is 12.7. The molecular formula is C12H14N2O. The predicted molar refractivity (Wildman–Crippen MR) is 58.3 cm³/mol. The highest BCUT2D eigenvalue weighted by Gasteiger charge is 2.10. The minimum atomic E-state index is -0.0823. The van der Waals surface area contributed by atoms with Crippen LogP contribution >= 0.6 is 0 Å². The third kappa shape index (κ3) is 2.44. The number of hydrogen-bond acceptors (Lipinski definition) is 3. The monoisotopic (exact) mass is 202 g/mol. The van der Waals surface area contributed by atoms with Crippen molar-refractivity contribution in [3.8, 4) is 0 Å². The lowest BCUT2D eigenvalue weighted by Gasteiger charge is -2.08. The molecule has 15 heavy (non-hydrogen) atoms. The molecule has 0 fully saturated rings. The maximum atomic E-state index is 6.03.